The summed E-state index contributed by atoms with van der Waals surface area (Å²) < 4.78 is 0. The molecule has 0 aromatic rings. The Kier molecular flexibility index (Phi) is 2.28. The summed E-state index contributed by atoms with van der Waals surface area (Å²) in [7, 11) is 0. The number of carboxylic acids is 1. The zero-order valence-corrected chi connectivity index (χ0v) is 8.13. The van der Waals surface area contributed by atoms with Gasteiger partial charge in [0.05, 0.1) is 6.42 Å². The average molecular weight is 182 g/mol. The summed E-state index contributed by atoms with van der Waals surface area (Å²) in [6.45, 7) is 5.70. The van der Waals surface area contributed by atoms with Crippen LogP contribution in [-0.4, -0.2) is 16.9 Å². The van der Waals surface area contributed by atoms with Gasteiger partial charge in [-0.05, 0) is 18.4 Å². The Labute approximate surface area is 77.4 Å². The lowest BCUT2D eigenvalue weighted by Gasteiger charge is -2.26. The van der Waals surface area contributed by atoms with Crippen molar-refractivity contribution in [2.75, 3.05) is 0 Å². The smallest absolute Gasteiger partial charge is 0.304 e. The molecule has 1 N–H and O–H groups in total. The third-order valence-electron chi connectivity index (χ3n) is 2.97. The van der Waals surface area contributed by atoms with Crippen molar-refractivity contribution in [2.45, 2.75) is 27.2 Å². The topological polar surface area (TPSA) is 54.4 Å². The van der Waals surface area contributed by atoms with Gasteiger partial charge < -0.3 is 5.11 Å². The minimum atomic E-state index is -0.908. The highest BCUT2D eigenvalue weighted by atomic mass is 16.4. The Hall–Kier alpha value is -1.12. The van der Waals surface area contributed by atoms with Crippen LogP contribution in [0.3, 0.4) is 0 Å². The van der Waals surface area contributed by atoms with Crippen LogP contribution in [0.5, 0.6) is 0 Å². The summed E-state index contributed by atoms with van der Waals surface area (Å²) in [4.78, 5) is 21.9. The van der Waals surface area contributed by atoms with E-state index in [-0.39, 0.29) is 23.5 Å². The summed E-state index contributed by atoms with van der Waals surface area (Å²) in [6.07, 6.45) is 1.49. The molecular weight excluding hydrogens is 168 g/mol. The highest BCUT2D eigenvalue weighted by Gasteiger charge is 2.41. The van der Waals surface area contributed by atoms with Gasteiger partial charge in [-0.1, -0.05) is 19.4 Å². The number of ketones is 1. The standard InChI is InChI=1S/C10H14O3/c1-6-4-8(11)7(5-9(12)13)10(6,2)3/h4,7H,5H2,1-3H3,(H,12,13)/t7-/m1/s1. The molecule has 0 fully saturated rings. The normalized spacial score (nSPS) is 25.9. The van der Waals surface area contributed by atoms with E-state index in [1.165, 1.54) is 0 Å². The maximum absolute atomic E-state index is 11.4. The Morgan fingerprint density at radius 3 is 2.46 bits per heavy atom. The molecule has 3 nitrogen and oxygen atoms in total. The van der Waals surface area contributed by atoms with Gasteiger partial charge in [-0.15, -0.1) is 0 Å². The number of carbonyl (C=O) groups excluding carboxylic acids is 1. The molecule has 0 aromatic carbocycles. The van der Waals surface area contributed by atoms with Crippen LogP contribution in [0.4, 0.5) is 0 Å². The predicted molar refractivity (Wildman–Crippen MR) is 48.3 cm³/mol. The zero-order valence-electron chi connectivity index (χ0n) is 8.13. The number of rotatable bonds is 2. The van der Waals surface area contributed by atoms with E-state index in [0.29, 0.717) is 0 Å². The van der Waals surface area contributed by atoms with Crippen molar-refractivity contribution in [3.05, 3.63) is 11.6 Å². The van der Waals surface area contributed by atoms with Gasteiger partial charge in [0, 0.05) is 5.92 Å². The fraction of sp³-hybridized carbons (Fsp3) is 0.600. The first-order valence-corrected chi connectivity index (χ1v) is 4.30. The van der Waals surface area contributed by atoms with Crippen molar-refractivity contribution < 1.29 is 14.7 Å². The molecule has 0 bridgehead atoms. The van der Waals surface area contributed by atoms with E-state index in [1.807, 2.05) is 20.8 Å². The Balaban J connectivity index is 2.89. The van der Waals surface area contributed by atoms with Gasteiger partial charge in [0.25, 0.3) is 0 Å². The molecule has 0 saturated carbocycles. The Morgan fingerprint density at radius 1 is 1.62 bits per heavy atom. The summed E-state index contributed by atoms with van der Waals surface area (Å²) in [5.74, 6) is -1.34. The highest BCUT2D eigenvalue weighted by molar-refractivity contribution is 5.98. The van der Waals surface area contributed by atoms with Crippen LogP contribution in [0, 0.1) is 11.3 Å². The van der Waals surface area contributed by atoms with Crippen molar-refractivity contribution in [3.8, 4) is 0 Å². The SMILES string of the molecule is CC1=CC(=O)[C@@H](CC(=O)O)C1(C)C. The van der Waals surface area contributed by atoms with Crippen LogP contribution < -0.4 is 0 Å². The molecule has 0 heterocycles. The second kappa shape index (κ2) is 2.98. The van der Waals surface area contributed by atoms with Crippen molar-refractivity contribution in [2.24, 2.45) is 11.3 Å². The molecule has 0 aromatic heterocycles. The molecule has 13 heavy (non-hydrogen) atoms. The van der Waals surface area contributed by atoms with Crippen molar-refractivity contribution in [1.29, 1.82) is 0 Å². The third-order valence-corrected chi connectivity index (χ3v) is 2.97. The number of aliphatic carboxylic acids is 1. The van der Waals surface area contributed by atoms with Crippen molar-refractivity contribution >= 4 is 11.8 Å². The molecule has 0 unspecified atom stereocenters. The molecule has 1 aliphatic carbocycles. The molecule has 1 rings (SSSR count). The fourth-order valence-electron chi connectivity index (χ4n) is 1.66. The molecule has 0 saturated heterocycles. The van der Waals surface area contributed by atoms with E-state index in [0.717, 1.165) is 5.57 Å². The highest BCUT2D eigenvalue weighted by Crippen LogP contribution is 2.42. The first kappa shape index (κ1) is 9.96. The first-order chi connectivity index (χ1) is 5.85. The van der Waals surface area contributed by atoms with Gasteiger partial charge in [0.2, 0.25) is 0 Å². The summed E-state index contributed by atoms with van der Waals surface area (Å²) >= 11 is 0. The second-order valence-corrected chi connectivity index (χ2v) is 4.10. The fourth-order valence-corrected chi connectivity index (χ4v) is 1.66. The number of allylic oxidation sites excluding steroid dienone is 2. The monoisotopic (exact) mass is 182 g/mol. The summed E-state index contributed by atoms with van der Waals surface area (Å²) in [5, 5.41) is 8.63. The largest absolute Gasteiger partial charge is 0.481 e. The van der Waals surface area contributed by atoms with E-state index in [9.17, 15) is 9.59 Å². The molecular formula is C10H14O3. The Bertz CT molecular complexity index is 287. The molecule has 1 atom stereocenters. The molecule has 0 amide bonds. The minimum Gasteiger partial charge on any atom is -0.481 e. The van der Waals surface area contributed by atoms with Crippen LogP contribution in [0.15, 0.2) is 11.6 Å². The van der Waals surface area contributed by atoms with Crippen molar-refractivity contribution in [1.82, 2.24) is 0 Å². The maximum Gasteiger partial charge on any atom is 0.304 e. The number of carboxylic acid groups (broad SMARTS) is 1. The van der Waals surface area contributed by atoms with Crippen LogP contribution in [-0.2, 0) is 9.59 Å². The van der Waals surface area contributed by atoms with Gasteiger partial charge >= 0.3 is 5.97 Å². The lowest BCUT2D eigenvalue weighted by molar-refractivity contribution is -0.141. The molecule has 0 aliphatic heterocycles. The zero-order chi connectivity index (χ0) is 10.2. The molecule has 72 valence electrons. The van der Waals surface area contributed by atoms with Crippen LogP contribution in [0.25, 0.3) is 0 Å². The number of carbonyl (C=O) groups is 2. The van der Waals surface area contributed by atoms with E-state index in [1.54, 1.807) is 6.08 Å². The van der Waals surface area contributed by atoms with Gasteiger partial charge in [-0.3, -0.25) is 9.59 Å². The third kappa shape index (κ3) is 1.64. The molecule has 1 aliphatic rings. The molecule has 0 spiro atoms. The van der Waals surface area contributed by atoms with E-state index < -0.39 is 5.97 Å². The minimum absolute atomic E-state index is 0.0510. The summed E-state index contributed by atoms with van der Waals surface area (Å²) in [6, 6.07) is 0. The van der Waals surface area contributed by atoms with E-state index in [4.69, 9.17) is 5.11 Å². The summed E-state index contributed by atoms with van der Waals surface area (Å²) in [5.41, 5.74) is 0.680. The lowest BCUT2D eigenvalue weighted by atomic mass is 9.76. The quantitative estimate of drug-likeness (QED) is 0.706. The van der Waals surface area contributed by atoms with E-state index >= 15 is 0 Å². The average Bonchev–Trinajstić information content (AvgIpc) is 2.13. The van der Waals surface area contributed by atoms with Gasteiger partial charge in [-0.2, -0.15) is 0 Å². The van der Waals surface area contributed by atoms with E-state index in [2.05, 4.69) is 0 Å². The number of hydrogen-bond donors (Lipinski definition) is 1. The second-order valence-electron chi connectivity index (χ2n) is 4.10. The Morgan fingerprint density at radius 2 is 2.15 bits per heavy atom. The van der Waals surface area contributed by atoms with Crippen LogP contribution in [0.2, 0.25) is 0 Å². The number of hydrogen-bond acceptors (Lipinski definition) is 2. The lowest BCUT2D eigenvalue weighted by Crippen LogP contribution is -2.27. The van der Waals surface area contributed by atoms with Crippen LogP contribution >= 0.6 is 0 Å². The maximum atomic E-state index is 11.4. The molecule has 3 heteroatoms. The molecule has 0 radical (unpaired) electrons. The van der Waals surface area contributed by atoms with Gasteiger partial charge in [-0.25, -0.2) is 0 Å². The van der Waals surface area contributed by atoms with Crippen molar-refractivity contribution in [3.63, 3.8) is 0 Å². The van der Waals surface area contributed by atoms with Gasteiger partial charge in [0.1, 0.15) is 0 Å². The van der Waals surface area contributed by atoms with Gasteiger partial charge in [0.15, 0.2) is 5.78 Å². The first-order valence-electron chi connectivity index (χ1n) is 4.30. The predicted octanol–water partition coefficient (Wildman–Crippen LogP) is 1.63. The van der Waals surface area contributed by atoms with Crippen LogP contribution in [0.1, 0.15) is 27.2 Å².